The maximum absolute atomic E-state index is 12.6. The number of para-hydroxylation sites is 1. The molecule has 1 amide bonds. The van der Waals surface area contributed by atoms with Crippen LogP contribution < -0.4 is 24.2 Å². The molecule has 3 aromatic rings. The molecule has 8 nitrogen and oxygen atoms in total. The molecule has 0 fully saturated rings. The molecule has 0 spiro atoms. The van der Waals surface area contributed by atoms with Crippen molar-refractivity contribution < 1.29 is 27.4 Å². The zero-order valence-corrected chi connectivity index (χ0v) is 19.4. The number of carbonyl (C=O) groups excluding carboxylic acids is 1. The number of hydrogen-bond donors (Lipinski definition) is 2. The van der Waals surface area contributed by atoms with Crippen molar-refractivity contribution in [2.75, 3.05) is 25.5 Å². The van der Waals surface area contributed by atoms with E-state index in [0.29, 0.717) is 22.9 Å². The van der Waals surface area contributed by atoms with Crippen LogP contribution in [0.2, 0.25) is 0 Å². The Hall–Kier alpha value is -3.72. The lowest BCUT2D eigenvalue weighted by Gasteiger charge is -2.17. The Bertz CT molecular complexity index is 1180. The third kappa shape index (κ3) is 6.39. The van der Waals surface area contributed by atoms with E-state index in [1.165, 1.54) is 31.4 Å². The second-order valence-electron chi connectivity index (χ2n) is 7.13. The molecule has 0 saturated carbocycles. The molecule has 0 aliphatic heterocycles. The molecule has 1 atom stereocenters. The molecule has 3 rings (SSSR count). The van der Waals surface area contributed by atoms with Crippen molar-refractivity contribution in [1.82, 2.24) is 5.32 Å². The van der Waals surface area contributed by atoms with Gasteiger partial charge in [-0.2, -0.15) is 0 Å². The molecule has 0 aliphatic rings. The van der Waals surface area contributed by atoms with Crippen LogP contribution in [-0.4, -0.2) is 35.2 Å². The number of amides is 1. The molecule has 33 heavy (non-hydrogen) atoms. The molecular weight excluding hydrogens is 444 g/mol. The highest BCUT2D eigenvalue weighted by Gasteiger charge is 2.16. The monoisotopic (exact) mass is 470 g/mol. The molecule has 0 aromatic heterocycles. The largest absolute Gasteiger partial charge is 0.497 e. The number of anilines is 1. The quantitative estimate of drug-likeness (QED) is 0.468. The first-order valence-corrected chi connectivity index (χ1v) is 11.6. The van der Waals surface area contributed by atoms with Crippen LogP contribution in [0.4, 0.5) is 5.69 Å². The highest BCUT2D eigenvalue weighted by Crippen LogP contribution is 2.24. The van der Waals surface area contributed by atoms with Crippen LogP contribution >= 0.6 is 0 Å². The molecule has 0 heterocycles. The second kappa shape index (κ2) is 10.7. The third-order valence-electron chi connectivity index (χ3n) is 4.83. The molecular formula is C24H26N2O6S. The SMILES string of the molecule is COc1ccc(NS(=O)(=O)c2ccc(OCC(=O)NC(C)c3ccccc3OC)cc2)cc1. The van der Waals surface area contributed by atoms with E-state index in [1.807, 2.05) is 31.2 Å². The van der Waals surface area contributed by atoms with Gasteiger partial charge in [0, 0.05) is 11.3 Å². The number of methoxy groups -OCH3 is 2. The van der Waals surface area contributed by atoms with Gasteiger partial charge in [-0.3, -0.25) is 9.52 Å². The van der Waals surface area contributed by atoms with Crippen molar-refractivity contribution in [2.45, 2.75) is 17.9 Å². The van der Waals surface area contributed by atoms with Gasteiger partial charge in [0.25, 0.3) is 15.9 Å². The van der Waals surface area contributed by atoms with Crippen molar-refractivity contribution in [3.63, 3.8) is 0 Å². The van der Waals surface area contributed by atoms with Gasteiger partial charge in [0.2, 0.25) is 0 Å². The van der Waals surface area contributed by atoms with Crippen molar-refractivity contribution >= 4 is 21.6 Å². The number of rotatable bonds is 10. The van der Waals surface area contributed by atoms with Crippen molar-refractivity contribution in [1.29, 1.82) is 0 Å². The number of ether oxygens (including phenoxy) is 3. The van der Waals surface area contributed by atoms with Crippen molar-refractivity contribution in [2.24, 2.45) is 0 Å². The average Bonchev–Trinajstić information content (AvgIpc) is 2.83. The first kappa shape index (κ1) is 23.9. The molecule has 9 heteroatoms. The Balaban J connectivity index is 1.55. The average molecular weight is 471 g/mol. The molecule has 2 N–H and O–H groups in total. The van der Waals surface area contributed by atoms with E-state index in [2.05, 4.69) is 10.0 Å². The van der Waals surface area contributed by atoms with Gasteiger partial charge >= 0.3 is 0 Å². The van der Waals surface area contributed by atoms with Gasteiger partial charge in [-0.1, -0.05) is 18.2 Å². The fourth-order valence-electron chi connectivity index (χ4n) is 3.12. The van der Waals surface area contributed by atoms with Gasteiger partial charge in [-0.15, -0.1) is 0 Å². The summed E-state index contributed by atoms with van der Waals surface area (Å²) in [6, 6.07) is 19.5. The van der Waals surface area contributed by atoms with Crippen molar-refractivity contribution in [3.8, 4) is 17.2 Å². The van der Waals surface area contributed by atoms with Crippen molar-refractivity contribution in [3.05, 3.63) is 78.4 Å². The summed E-state index contributed by atoms with van der Waals surface area (Å²) in [5.74, 6) is 1.37. The summed E-state index contributed by atoms with van der Waals surface area (Å²) in [6.45, 7) is 1.64. The lowest BCUT2D eigenvalue weighted by molar-refractivity contribution is -0.123. The summed E-state index contributed by atoms with van der Waals surface area (Å²) in [4.78, 5) is 12.4. The zero-order valence-electron chi connectivity index (χ0n) is 18.6. The zero-order chi connectivity index (χ0) is 23.8. The van der Waals surface area contributed by atoms with Crippen LogP contribution in [0.5, 0.6) is 17.2 Å². The van der Waals surface area contributed by atoms with Crippen LogP contribution in [0.25, 0.3) is 0 Å². The van der Waals surface area contributed by atoms with Gasteiger partial charge in [0.05, 0.1) is 25.2 Å². The number of hydrogen-bond acceptors (Lipinski definition) is 6. The minimum Gasteiger partial charge on any atom is -0.497 e. The summed E-state index contributed by atoms with van der Waals surface area (Å²) < 4.78 is 43.6. The highest BCUT2D eigenvalue weighted by molar-refractivity contribution is 7.92. The van der Waals surface area contributed by atoms with E-state index in [9.17, 15) is 13.2 Å². The fraction of sp³-hybridized carbons (Fsp3) is 0.208. The van der Waals surface area contributed by atoms with E-state index in [4.69, 9.17) is 14.2 Å². The number of nitrogens with one attached hydrogen (secondary N) is 2. The number of sulfonamides is 1. The molecule has 0 saturated heterocycles. The molecule has 3 aromatic carbocycles. The molecule has 1 unspecified atom stereocenters. The first-order valence-electron chi connectivity index (χ1n) is 10.1. The first-order chi connectivity index (χ1) is 15.8. The van der Waals surface area contributed by atoms with Crippen LogP contribution in [0.15, 0.2) is 77.7 Å². The smallest absolute Gasteiger partial charge is 0.261 e. The van der Waals surface area contributed by atoms with E-state index < -0.39 is 10.0 Å². The third-order valence-corrected chi connectivity index (χ3v) is 6.23. The van der Waals surface area contributed by atoms with Gasteiger partial charge in [0.15, 0.2) is 6.61 Å². The van der Waals surface area contributed by atoms with Crippen LogP contribution in [0.1, 0.15) is 18.5 Å². The summed E-state index contributed by atoms with van der Waals surface area (Å²) in [7, 11) is -0.660. The van der Waals surface area contributed by atoms with E-state index in [1.54, 1.807) is 31.4 Å². The summed E-state index contributed by atoms with van der Waals surface area (Å²) in [5.41, 5.74) is 1.27. The summed E-state index contributed by atoms with van der Waals surface area (Å²) in [6.07, 6.45) is 0. The van der Waals surface area contributed by atoms with Crippen LogP contribution in [0, 0.1) is 0 Å². The highest BCUT2D eigenvalue weighted by atomic mass is 32.2. The fourth-order valence-corrected chi connectivity index (χ4v) is 4.18. The normalized spacial score (nSPS) is 11.8. The second-order valence-corrected chi connectivity index (χ2v) is 8.81. The van der Waals surface area contributed by atoms with Gasteiger partial charge in [-0.05, 0) is 61.5 Å². The Labute approximate surface area is 193 Å². The van der Waals surface area contributed by atoms with Crippen LogP contribution in [-0.2, 0) is 14.8 Å². The molecule has 0 bridgehead atoms. The standard InChI is InChI=1S/C24H26N2O6S/c1-17(22-6-4-5-7-23(22)31-3)25-24(27)16-32-20-12-14-21(15-13-20)33(28,29)26-18-8-10-19(30-2)11-9-18/h4-15,17,26H,16H2,1-3H3,(H,25,27). The summed E-state index contributed by atoms with van der Waals surface area (Å²) in [5, 5.41) is 2.85. The minimum atomic E-state index is -3.77. The van der Waals surface area contributed by atoms with E-state index in [0.717, 1.165) is 5.56 Å². The molecule has 174 valence electrons. The van der Waals surface area contributed by atoms with Crippen LogP contribution in [0.3, 0.4) is 0 Å². The molecule has 0 radical (unpaired) electrons. The van der Waals surface area contributed by atoms with Gasteiger partial charge in [0.1, 0.15) is 17.2 Å². The molecule has 0 aliphatic carbocycles. The Morgan fingerprint density at radius 1 is 0.879 bits per heavy atom. The topological polar surface area (TPSA) is 103 Å². The Kier molecular flexibility index (Phi) is 7.78. The summed E-state index contributed by atoms with van der Waals surface area (Å²) >= 11 is 0. The number of carbonyl (C=O) groups is 1. The van der Waals surface area contributed by atoms with E-state index >= 15 is 0 Å². The predicted molar refractivity (Wildman–Crippen MR) is 125 cm³/mol. The Morgan fingerprint density at radius 3 is 2.15 bits per heavy atom. The Morgan fingerprint density at radius 2 is 1.52 bits per heavy atom. The minimum absolute atomic E-state index is 0.0694. The maximum Gasteiger partial charge on any atom is 0.261 e. The maximum atomic E-state index is 12.6. The van der Waals surface area contributed by atoms with Gasteiger partial charge in [-0.25, -0.2) is 8.42 Å². The number of benzene rings is 3. The van der Waals surface area contributed by atoms with Gasteiger partial charge < -0.3 is 19.5 Å². The lowest BCUT2D eigenvalue weighted by atomic mass is 10.1. The predicted octanol–water partition coefficient (Wildman–Crippen LogP) is 3.76. The van der Waals surface area contributed by atoms with E-state index in [-0.39, 0.29) is 23.5 Å². The lowest BCUT2D eigenvalue weighted by Crippen LogP contribution is -2.31.